The van der Waals surface area contributed by atoms with Gasteiger partial charge in [0.25, 0.3) is 0 Å². The van der Waals surface area contributed by atoms with Gasteiger partial charge in [-0.15, -0.1) is 0 Å². The highest BCUT2D eigenvalue weighted by molar-refractivity contribution is 6.04. The number of methoxy groups -OCH3 is 3. The number of benzene rings is 2. The third-order valence-corrected chi connectivity index (χ3v) is 6.72. The topological polar surface area (TPSA) is 83.1 Å². The number of nitrogens with one attached hydrogen (secondary N) is 1. The number of esters is 1. The molecule has 0 bridgehead atoms. The van der Waals surface area contributed by atoms with Gasteiger partial charge in [0.2, 0.25) is 0 Å². The number of hydrogen-bond acceptors (Lipinski definition) is 7. The summed E-state index contributed by atoms with van der Waals surface area (Å²) in [5, 5.41) is 3.36. The molecule has 1 N–H and O–H groups in total. The van der Waals surface area contributed by atoms with Gasteiger partial charge in [-0.1, -0.05) is 44.2 Å². The number of dihydropyridines is 1. The molecular formula is C29H33NO6. The summed E-state index contributed by atoms with van der Waals surface area (Å²) < 4.78 is 22.5. The lowest BCUT2D eigenvalue weighted by molar-refractivity contribution is -0.140. The average Bonchev–Trinajstić information content (AvgIpc) is 2.85. The predicted octanol–water partition coefficient (Wildman–Crippen LogP) is 5.06. The molecule has 36 heavy (non-hydrogen) atoms. The highest BCUT2D eigenvalue weighted by Gasteiger charge is 2.44. The Morgan fingerprint density at radius 3 is 2.25 bits per heavy atom. The molecule has 0 saturated heterocycles. The third-order valence-electron chi connectivity index (χ3n) is 6.72. The molecule has 0 radical (unpaired) electrons. The lowest BCUT2D eigenvalue weighted by Gasteiger charge is -2.39. The van der Waals surface area contributed by atoms with Gasteiger partial charge in [0.1, 0.15) is 12.4 Å². The molecule has 1 aliphatic heterocycles. The molecule has 1 aliphatic carbocycles. The first-order chi connectivity index (χ1) is 17.2. The molecule has 0 saturated carbocycles. The van der Waals surface area contributed by atoms with Gasteiger partial charge in [-0.05, 0) is 30.4 Å². The second-order valence-electron chi connectivity index (χ2n) is 9.94. The lowest BCUT2D eigenvalue weighted by atomic mass is 9.68. The van der Waals surface area contributed by atoms with E-state index in [-0.39, 0.29) is 17.8 Å². The Balaban J connectivity index is 1.85. The van der Waals surface area contributed by atoms with Crippen LogP contribution < -0.4 is 19.5 Å². The van der Waals surface area contributed by atoms with Crippen molar-refractivity contribution in [3.05, 3.63) is 76.1 Å². The smallest absolute Gasteiger partial charge is 0.337 e. The van der Waals surface area contributed by atoms with E-state index in [1.807, 2.05) is 37.3 Å². The van der Waals surface area contributed by atoms with Gasteiger partial charge in [-0.25, -0.2) is 4.79 Å². The molecule has 190 valence electrons. The normalized spacial score (nSPS) is 18.8. The molecule has 4 rings (SSSR count). The first-order valence-electron chi connectivity index (χ1n) is 11.9. The molecule has 0 aromatic heterocycles. The maximum absolute atomic E-state index is 13.6. The average molecular weight is 492 g/mol. The van der Waals surface area contributed by atoms with Crippen molar-refractivity contribution in [2.24, 2.45) is 5.41 Å². The van der Waals surface area contributed by atoms with Crippen LogP contribution >= 0.6 is 0 Å². The SMILES string of the molecule is COc1cc(OC)c(C2C(C(=O)OCc3ccccc3)=C(C)NC3=C2C(=O)CC(C)(C)C3)cc1OC. The zero-order valence-electron chi connectivity index (χ0n) is 21.7. The molecule has 7 nitrogen and oxygen atoms in total. The fraction of sp³-hybridized carbons (Fsp3) is 0.379. The number of ketones is 1. The molecule has 1 heterocycles. The largest absolute Gasteiger partial charge is 0.496 e. The van der Waals surface area contributed by atoms with Crippen molar-refractivity contribution in [3.8, 4) is 17.2 Å². The van der Waals surface area contributed by atoms with Crippen LogP contribution in [0.25, 0.3) is 0 Å². The van der Waals surface area contributed by atoms with Gasteiger partial charge < -0.3 is 24.3 Å². The molecular weight excluding hydrogens is 458 g/mol. The maximum Gasteiger partial charge on any atom is 0.337 e. The first kappa shape index (κ1) is 25.4. The zero-order chi connectivity index (χ0) is 26.0. The van der Waals surface area contributed by atoms with Crippen LogP contribution in [0, 0.1) is 5.41 Å². The minimum Gasteiger partial charge on any atom is -0.496 e. The zero-order valence-corrected chi connectivity index (χ0v) is 21.7. The van der Waals surface area contributed by atoms with Crippen molar-refractivity contribution in [1.29, 1.82) is 0 Å². The van der Waals surface area contributed by atoms with E-state index in [0.717, 1.165) is 11.3 Å². The Labute approximate surface area is 212 Å². The Hall–Kier alpha value is -3.74. The molecule has 0 amide bonds. The van der Waals surface area contributed by atoms with E-state index in [2.05, 4.69) is 19.2 Å². The van der Waals surface area contributed by atoms with Crippen LogP contribution in [0.1, 0.15) is 50.7 Å². The van der Waals surface area contributed by atoms with Crippen molar-refractivity contribution >= 4 is 11.8 Å². The van der Waals surface area contributed by atoms with Crippen molar-refractivity contribution in [1.82, 2.24) is 5.32 Å². The molecule has 2 aromatic carbocycles. The van der Waals surface area contributed by atoms with E-state index < -0.39 is 11.9 Å². The van der Waals surface area contributed by atoms with Gasteiger partial charge in [-0.3, -0.25) is 4.79 Å². The molecule has 0 fully saturated rings. The Bertz CT molecular complexity index is 1240. The third kappa shape index (κ3) is 4.83. The van der Waals surface area contributed by atoms with E-state index in [1.54, 1.807) is 33.5 Å². The van der Waals surface area contributed by atoms with E-state index in [1.165, 1.54) is 0 Å². The Kier molecular flexibility index (Phi) is 7.11. The number of ether oxygens (including phenoxy) is 4. The molecule has 0 spiro atoms. The highest BCUT2D eigenvalue weighted by Crippen LogP contribution is 2.50. The van der Waals surface area contributed by atoms with Crippen molar-refractivity contribution in [2.75, 3.05) is 21.3 Å². The van der Waals surface area contributed by atoms with Gasteiger partial charge in [-0.2, -0.15) is 0 Å². The van der Waals surface area contributed by atoms with Crippen LogP contribution in [0.4, 0.5) is 0 Å². The van der Waals surface area contributed by atoms with Gasteiger partial charge in [0.05, 0.1) is 32.8 Å². The Morgan fingerprint density at radius 2 is 1.61 bits per heavy atom. The fourth-order valence-corrected chi connectivity index (χ4v) is 5.10. The lowest BCUT2D eigenvalue weighted by Crippen LogP contribution is -2.38. The molecule has 1 unspecified atom stereocenters. The summed E-state index contributed by atoms with van der Waals surface area (Å²) in [5.41, 5.74) is 3.75. The fourth-order valence-electron chi connectivity index (χ4n) is 5.10. The standard InChI is InChI=1S/C29H33NO6/c1-17-25(28(32)36-16-18-10-8-7-9-11-18)26(27-20(30-17)14-29(2,3)15-21(27)31)19-12-23(34-5)24(35-6)13-22(19)33-4/h7-13,26,30H,14-16H2,1-6H3. The molecule has 1 atom stereocenters. The molecule has 2 aliphatic rings. The van der Waals surface area contributed by atoms with Crippen LogP contribution in [-0.4, -0.2) is 33.1 Å². The summed E-state index contributed by atoms with van der Waals surface area (Å²) in [6.07, 6.45) is 1.06. The second kappa shape index (κ2) is 10.1. The van der Waals surface area contributed by atoms with Crippen LogP contribution in [0.2, 0.25) is 0 Å². The number of rotatable bonds is 7. The minimum atomic E-state index is -0.678. The summed E-state index contributed by atoms with van der Waals surface area (Å²) in [6, 6.07) is 13.0. The monoisotopic (exact) mass is 491 g/mol. The summed E-state index contributed by atoms with van der Waals surface area (Å²) in [7, 11) is 4.65. The highest BCUT2D eigenvalue weighted by atomic mass is 16.5. The summed E-state index contributed by atoms with van der Waals surface area (Å²) in [6.45, 7) is 6.12. The first-order valence-corrected chi connectivity index (χ1v) is 11.9. The summed E-state index contributed by atoms with van der Waals surface area (Å²) >= 11 is 0. The van der Waals surface area contributed by atoms with Crippen molar-refractivity contribution in [3.63, 3.8) is 0 Å². The predicted molar refractivity (Wildman–Crippen MR) is 136 cm³/mol. The van der Waals surface area contributed by atoms with Gasteiger partial charge >= 0.3 is 5.97 Å². The quantitative estimate of drug-likeness (QED) is 0.542. The maximum atomic E-state index is 13.6. The number of allylic oxidation sites excluding steroid dienone is 3. The molecule has 2 aromatic rings. The summed E-state index contributed by atoms with van der Waals surface area (Å²) in [5.74, 6) is 0.290. The van der Waals surface area contributed by atoms with Gasteiger partial charge in [0.15, 0.2) is 17.3 Å². The number of Topliss-reactive ketones (excluding diaryl/α,β-unsaturated/α-hetero) is 1. The van der Waals surface area contributed by atoms with Crippen molar-refractivity contribution in [2.45, 2.75) is 46.1 Å². The van der Waals surface area contributed by atoms with Gasteiger partial charge in [0, 0.05) is 35.0 Å². The Morgan fingerprint density at radius 1 is 0.972 bits per heavy atom. The number of hydrogen-bond donors (Lipinski definition) is 1. The molecule has 7 heteroatoms. The van der Waals surface area contributed by atoms with Crippen LogP contribution in [0.3, 0.4) is 0 Å². The second-order valence-corrected chi connectivity index (χ2v) is 9.94. The van der Waals surface area contributed by atoms with Crippen LogP contribution in [-0.2, 0) is 20.9 Å². The van der Waals surface area contributed by atoms with Crippen molar-refractivity contribution < 1.29 is 28.5 Å². The number of carbonyl (C=O) groups excluding carboxylic acids is 2. The van der Waals surface area contributed by atoms with E-state index in [9.17, 15) is 9.59 Å². The van der Waals surface area contributed by atoms with Crippen LogP contribution in [0.5, 0.6) is 17.2 Å². The van der Waals surface area contributed by atoms with E-state index in [4.69, 9.17) is 18.9 Å². The van der Waals surface area contributed by atoms with E-state index in [0.29, 0.717) is 52.5 Å². The number of carbonyl (C=O) groups is 2. The van der Waals surface area contributed by atoms with Crippen LogP contribution in [0.15, 0.2) is 65.0 Å². The minimum absolute atomic E-state index is 0.00329. The summed E-state index contributed by atoms with van der Waals surface area (Å²) in [4.78, 5) is 27.2. The van der Waals surface area contributed by atoms with E-state index >= 15 is 0 Å².